The summed E-state index contributed by atoms with van der Waals surface area (Å²) in [6.07, 6.45) is 7.16. The van der Waals surface area contributed by atoms with Crippen molar-refractivity contribution in [3.05, 3.63) is 29.8 Å². The van der Waals surface area contributed by atoms with E-state index in [1.807, 2.05) is 0 Å². The fourth-order valence-electron chi connectivity index (χ4n) is 3.07. The van der Waals surface area contributed by atoms with Gasteiger partial charge in [-0.15, -0.1) is 0 Å². The van der Waals surface area contributed by atoms with Crippen molar-refractivity contribution in [1.29, 1.82) is 0 Å². The Hall–Kier alpha value is -1.40. The summed E-state index contributed by atoms with van der Waals surface area (Å²) in [7, 11) is -1.84. The smallest absolute Gasteiger partial charge is 0.251 e. The molecule has 1 aliphatic rings. The molecular formula is C18H28N2O3S. The van der Waals surface area contributed by atoms with Crippen LogP contribution in [-0.4, -0.2) is 38.3 Å². The van der Waals surface area contributed by atoms with Crippen molar-refractivity contribution >= 4 is 15.9 Å². The van der Waals surface area contributed by atoms with Crippen molar-refractivity contribution in [1.82, 2.24) is 9.62 Å². The summed E-state index contributed by atoms with van der Waals surface area (Å²) in [5.74, 6) is -0.159. The van der Waals surface area contributed by atoms with E-state index in [-0.39, 0.29) is 16.8 Å². The lowest BCUT2D eigenvalue weighted by Crippen LogP contribution is -2.38. The molecule has 134 valence electrons. The van der Waals surface area contributed by atoms with Crippen LogP contribution in [0.15, 0.2) is 29.2 Å². The van der Waals surface area contributed by atoms with E-state index in [0.29, 0.717) is 12.1 Å². The van der Waals surface area contributed by atoms with Gasteiger partial charge in [0.2, 0.25) is 10.0 Å². The summed E-state index contributed by atoms with van der Waals surface area (Å²) in [6.45, 7) is 2.70. The van der Waals surface area contributed by atoms with Gasteiger partial charge in [0.1, 0.15) is 0 Å². The second kappa shape index (κ2) is 8.62. The molecule has 5 nitrogen and oxygen atoms in total. The highest BCUT2D eigenvalue weighted by Gasteiger charge is 2.29. The maximum Gasteiger partial charge on any atom is 0.251 e. The van der Waals surface area contributed by atoms with Gasteiger partial charge < -0.3 is 5.32 Å². The van der Waals surface area contributed by atoms with E-state index in [1.165, 1.54) is 22.9 Å². The Kier molecular flexibility index (Phi) is 6.80. The molecule has 0 aromatic heterocycles. The SMILES string of the molecule is CCCCNC(=O)c1ccc(S(=O)(=O)N(C)C2CCCCC2)cc1. The van der Waals surface area contributed by atoms with E-state index >= 15 is 0 Å². The average Bonchev–Trinajstić information content (AvgIpc) is 2.62. The second-order valence-corrected chi connectivity index (χ2v) is 8.44. The number of hydrogen-bond acceptors (Lipinski definition) is 3. The Labute approximate surface area is 145 Å². The molecule has 0 radical (unpaired) electrons. The molecule has 0 saturated heterocycles. The minimum atomic E-state index is -3.50. The molecule has 0 aliphatic heterocycles. The zero-order valence-corrected chi connectivity index (χ0v) is 15.4. The zero-order chi connectivity index (χ0) is 17.6. The third-order valence-corrected chi connectivity index (χ3v) is 6.62. The number of amides is 1. The fourth-order valence-corrected chi connectivity index (χ4v) is 4.48. The van der Waals surface area contributed by atoms with Gasteiger partial charge in [0.15, 0.2) is 0 Å². The van der Waals surface area contributed by atoms with E-state index in [9.17, 15) is 13.2 Å². The first-order chi connectivity index (χ1) is 11.5. The molecule has 0 heterocycles. The predicted octanol–water partition coefficient (Wildman–Crippen LogP) is 3.17. The Morgan fingerprint density at radius 1 is 1.17 bits per heavy atom. The summed E-state index contributed by atoms with van der Waals surface area (Å²) in [5, 5.41) is 2.83. The van der Waals surface area contributed by atoms with Crippen molar-refractivity contribution in [3.63, 3.8) is 0 Å². The van der Waals surface area contributed by atoms with Crippen molar-refractivity contribution < 1.29 is 13.2 Å². The van der Waals surface area contributed by atoms with Crippen LogP contribution in [0.5, 0.6) is 0 Å². The Morgan fingerprint density at radius 2 is 1.79 bits per heavy atom. The first kappa shape index (κ1) is 18.9. The van der Waals surface area contributed by atoms with E-state index < -0.39 is 10.0 Å². The van der Waals surface area contributed by atoms with E-state index in [1.54, 1.807) is 19.2 Å². The highest BCUT2D eigenvalue weighted by molar-refractivity contribution is 7.89. The van der Waals surface area contributed by atoms with Crippen LogP contribution in [0.25, 0.3) is 0 Å². The molecule has 1 aliphatic carbocycles. The molecule has 1 fully saturated rings. The summed E-state index contributed by atoms with van der Waals surface area (Å²) in [6, 6.07) is 6.32. The standard InChI is InChI=1S/C18H28N2O3S/c1-3-4-14-19-18(21)15-10-12-17(13-11-15)24(22,23)20(2)16-8-6-5-7-9-16/h10-13,16H,3-9,14H2,1-2H3,(H,19,21). The van der Waals surface area contributed by atoms with Crippen LogP contribution in [0.4, 0.5) is 0 Å². The summed E-state index contributed by atoms with van der Waals surface area (Å²) in [4.78, 5) is 12.2. The number of sulfonamides is 1. The Bertz CT molecular complexity index is 635. The number of carbonyl (C=O) groups excluding carboxylic acids is 1. The molecule has 6 heteroatoms. The van der Waals surface area contributed by atoms with Crippen LogP contribution in [0.3, 0.4) is 0 Å². The second-order valence-electron chi connectivity index (χ2n) is 6.45. The molecule has 24 heavy (non-hydrogen) atoms. The molecule has 2 rings (SSSR count). The highest BCUT2D eigenvalue weighted by Crippen LogP contribution is 2.26. The number of unbranched alkanes of at least 4 members (excludes halogenated alkanes) is 1. The first-order valence-corrected chi connectivity index (χ1v) is 10.3. The van der Waals surface area contributed by atoms with Gasteiger partial charge in [0, 0.05) is 25.2 Å². The maximum absolute atomic E-state index is 12.7. The molecule has 0 atom stereocenters. The van der Waals surface area contributed by atoms with Crippen LogP contribution in [0.1, 0.15) is 62.2 Å². The van der Waals surface area contributed by atoms with E-state index in [4.69, 9.17) is 0 Å². The van der Waals surface area contributed by atoms with Crippen LogP contribution < -0.4 is 5.32 Å². The topological polar surface area (TPSA) is 66.5 Å². The molecular weight excluding hydrogens is 324 g/mol. The van der Waals surface area contributed by atoms with E-state index in [2.05, 4.69) is 12.2 Å². The monoisotopic (exact) mass is 352 g/mol. The third kappa shape index (κ3) is 4.57. The van der Waals surface area contributed by atoms with Gasteiger partial charge in [0.05, 0.1) is 4.90 Å². The van der Waals surface area contributed by atoms with Gasteiger partial charge >= 0.3 is 0 Å². The summed E-state index contributed by atoms with van der Waals surface area (Å²) in [5.41, 5.74) is 0.491. The molecule has 0 bridgehead atoms. The largest absolute Gasteiger partial charge is 0.352 e. The number of benzene rings is 1. The van der Waals surface area contributed by atoms with Crippen molar-refractivity contribution in [3.8, 4) is 0 Å². The molecule has 0 unspecified atom stereocenters. The predicted molar refractivity (Wildman–Crippen MR) is 95.5 cm³/mol. The first-order valence-electron chi connectivity index (χ1n) is 8.83. The molecule has 1 saturated carbocycles. The van der Waals surface area contributed by atoms with Crippen LogP contribution in [0.2, 0.25) is 0 Å². The number of carbonyl (C=O) groups is 1. The molecule has 1 amide bonds. The third-order valence-electron chi connectivity index (χ3n) is 4.70. The van der Waals surface area contributed by atoms with Gasteiger partial charge in [-0.2, -0.15) is 4.31 Å². The lowest BCUT2D eigenvalue weighted by atomic mass is 9.96. The lowest BCUT2D eigenvalue weighted by Gasteiger charge is -2.30. The van der Waals surface area contributed by atoms with Crippen LogP contribution in [-0.2, 0) is 10.0 Å². The minimum absolute atomic E-state index is 0.0840. The van der Waals surface area contributed by atoms with Gasteiger partial charge in [-0.25, -0.2) is 8.42 Å². The quantitative estimate of drug-likeness (QED) is 0.767. The molecule has 1 aromatic carbocycles. The number of hydrogen-bond donors (Lipinski definition) is 1. The van der Waals surface area contributed by atoms with Crippen molar-refractivity contribution in [2.75, 3.05) is 13.6 Å². The van der Waals surface area contributed by atoms with Gasteiger partial charge in [0.25, 0.3) is 5.91 Å². The molecule has 1 aromatic rings. The highest BCUT2D eigenvalue weighted by atomic mass is 32.2. The number of rotatable bonds is 7. The summed E-state index contributed by atoms with van der Waals surface area (Å²) >= 11 is 0. The lowest BCUT2D eigenvalue weighted by molar-refractivity contribution is 0.0953. The zero-order valence-electron chi connectivity index (χ0n) is 14.6. The Morgan fingerprint density at radius 3 is 2.38 bits per heavy atom. The van der Waals surface area contributed by atoms with Crippen molar-refractivity contribution in [2.45, 2.75) is 62.8 Å². The molecule has 0 spiro atoms. The summed E-state index contributed by atoms with van der Waals surface area (Å²) < 4.78 is 27.0. The van der Waals surface area contributed by atoms with Crippen molar-refractivity contribution in [2.24, 2.45) is 0 Å². The average molecular weight is 353 g/mol. The van der Waals surface area contributed by atoms with E-state index in [0.717, 1.165) is 38.5 Å². The fraction of sp³-hybridized carbons (Fsp3) is 0.611. The normalized spacial score (nSPS) is 16.3. The van der Waals surface area contributed by atoms with Crippen LogP contribution in [0, 0.1) is 0 Å². The van der Waals surface area contributed by atoms with Gasteiger partial charge in [-0.1, -0.05) is 32.6 Å². The molecule has 1 N–H and O–H groups in total. The number of nitrogens with one attached hydrogen (secondary N) is 1. The minimum Gasteiger partial charge on any atom is -0.352 e. The van der Waals surface area contributed by atoms with Gasteiger partial charge in [-0.05, 0) is 43.5 Å². The van der Waals surface area contributed by atoms with Gasteiger partial charge in [-0.3, -0.25) is 4.79 Å². The number of nitrogens with zero attached hydrogens (tertiary/aromatic N) is 1. The Balaban J connectivity index is 2.06. The van der Waals surface area contributed by atoms with Crippen LogP contribution >= 0.6 is 0 Å². The maximum atomic E-state index is 12.7.